The maximum Gasteiger partial charge on any atom is 0.323 e. The number of thioether (sulfide) groups is 1. The van der Waals surface area contributed by atoms with Gasteiger partial charge in [0.2, 0.25) is 5.91 Å². The SMILES string of the molecule is O=C(O)CN(CC(=O)Nc1cccc(CN2CCSCC2)c1)c1ccccc1. The van der Waals surface area contributed by atoms with Gasteiger partial charge in [0.1, 0.15) is 6.54 Å². The minimum absolute atomic E-state index is 0.0239. The zero-order valence-corrected chi connectivity index (χ0v) is 16.5. The van der Waals surface area contributed by atoms with E-state index in [9.17, 15) is 9.59 Å². The molecule has 0 radical (unpaired) electrons. The Morgan fingerprint density at radius 3 is 2.50 bits per heavy atom. The Balaban J connectivity index is 1.61. The van der Waals surface area contributed by atoms with Crippen molar-refractivity contribution in [1.82, 2.24) is 4.90 Å². The lowest BCUT2D eigenvalue weighted by atomic mass is 10.2. The van der Waals surface area contributed by atoms with Gasteiger partial charge in [-0.1, -0.05) is 30.3 Å². The van der Waals surface area contributed by atoms with Crippen molar-refractivity contribution < 1.29 is 14.7 Å². The molecule has 1 fully saturated rings. The normalized spacial score (nSPS) is 14.4. The molecule has 0 aliphatic carbocycles. The number of nitrogens with zero attached hydrogens (tertiary/aromatic N) is 2. The molecule has 0 spiro atoms. The number of nitrogens with one attached hydrogen (secondary N) is 1. The highest BCUT2D eigenvalue weighted by Crippen LogP contribution is 2.17. The maximum absolute atomic E-state index is 12.5. The third-order valence-corrected chi connectivity index (χ3v) is 5.45. The summed E-state index contributed by atoms with van der Waals surface area (Å²) in [5, 5.41) is 12.1. The number of para-hydroxylation sites is 1. The van der Waals surface area contributed by atoms with Gasteiger partial charge in [-0.3, -0.25) is 14.5 Å². The molecule has 7 heteroatoms. The summed E-state index contributed by atoms with van der Waals surface area (Å²) in [6.07, 6.45) is 0. The van der Waals surface area contributed by atoms with E-state index >= 15 is 0 Å². The van der Waals surface area contributed by atoms with Crippen LogP contribution in [0.2, 0.25) is 0 Å². The summed E-state index contributed by atoms with van der Waals surface area (Å²) in [5.74, 6) is 1.11. The monoisotopic (exact) mass is 399 g/mol. The Morgan fingerprint density at radius 1 is 1.04 bits per heavy atom. The van der Waals surface area contributed by atoms with Crippen molar-refractivity contribution in [3.05, 3.63) is 60.2 Å². The Kier molecular flexibility index (Phi) is 7.33. The van der Waals surface area contributed by atoms with E-state index in [4.69, 9.17) is 5.11 Å². The van der Waals surface area contributed by atoms with E-state index in [1.54, 1.807) is 17.0 Å². The van der Waals surface area contributed by atoms with Crippen molar-refractivity contribution in [2.45, 2.75) is 6.54 Å². The lowest BCUT2D eigenvalue weighted by Crippen LogP contribution is -2.37. The topological polar surface area (TPSA) is 72.9 Å². The van der Waals surface area contributed by atoms with E-state index in [0.717, 1.165) is 42.4 Å². The maximum atomic E-state index is 12.5. The molecule has 3 rings (SSSR count). The molecule has 2 aromatic carbocycles. The van der Waals surface area contributed by atoms with Crippen LogP contribution in [0.5, 0.6) is 0 Å². The molecule has 1 heterocycles. The molecule has 0 unspecified atom stereocenters. The average Bonchev–Trinajstić information content (AvgIpc) is 2.69. The predicted octanol–water partition coefficient (Wildman–Crippen LogP) is 2.77. The number of benzene rings is 2. The summed E-state index contributed by atoms with van der Waals surface area (Å²) in [6.45, 7) is 2.79. The molecular formula is C21H25N3O3S. The molecule has 28 heavy (non-hydrogen) atoms. The fraction of sp³-hybridized carbons (Fsp3) is 0.333. The van der Waals surface area contributed by atoms with Crippen LogP contribution in [0.15, 0.2) is 54.6 Å². The summed E-state index contributed by atoms with van der Waals surface area (Å²) in [4.78, 5) is 27.7. The smallest absolute Gasteiger partial charge is 0.323 e. The van der Waals surface area contributed by atoms with E-state index in [-0.39, 0.29) is 19.0 Å². The first kappa shape index (κ1) is 20.2. The van der Waals surface area contributed by atoms with Crippen LogP contribution >= 0.6 is 11.8 Å². The quantitative estimate of drug-likeness (QED) is 0.711. The average molecular weight is 400 g/mol. The van der Waals surface area contributed by atoms with Crippen molar-refractivity contribution in [3.63, 3.8) is 0 Å². The molecule has 1 amide bonds. The number of amides is 1. The molecule has 1 aliphatic rings. The zero-order valence-electron chi connectivity index (χ0n) is 15.7. The summed E-state index contributed by atoms with van der Waals surface area (Å²) in [5.41, 5.74) is 2.60. The number of hydrogen-bond acceptors (Lipinski definition) is 5. The first-order chi connectivity index (χ1) is 13.6. The van der Waals surface area contributed by atoms with Crippen LogP contribution in [0.3, 0.4) is 0 Å². The molecule has 1 saturated heterocycles. The summed E-state index contributed by atoms with van der Waals surface area (Å²) < 4.78 is 0. The third kappa shape index (κ3) is 6.28. The first-order valence-electron chi connectivity index (χ1n) is 9.31. The molecule has 6 nitrogen and oxygen atoms in total. The second kappa shape index (κ2) is 10.1. The number of carboxylic acid groups (broad SMARTS) is 1. The highest BCUT2D eigenvalue weighted by atomic mass is 32.2. The Labute approximate surface area is 169 Å². The zero-order chi connectivity index (χ0) is 19.8. The fourth-order valence-corrected chi connectivity index (χ4v) is 4.16. The highest BCUT2D eigenvalue weighted by molar-refractivity contribution is 7.99. The molecule has 0 bridgehead atoms. The van der Waals surface area contributed by atoms with Crippen molar-refractivity contribution in [2.75, 3.05) is 47.9 Å². The van der Waals surface area contributed by atoms with Gasteiger partial charge in [-0.05, 0) is 29.8 Å². The number of rotatable bonds is 8. The lowest BCUT2D eigenvalue weighted by Gasteiger charge is -2.26. The molecule has 2 N–H and O–H groups in total. The van der Waals surface area contributed by atoms with E-state index in [0.29, 0.717) is 5.69 Å². The molecular weight excluding hydrogens is 374 g/mol. The second-order valence-corrected chi connectivity index (χ2v) is 7.95. The number of carbonyl (C=O) groups excluding carboxylic acids is 1. The molecule has 2 aromatic rings. The summed E-state index contributed by atoms with van der Waals surface area (Å²) in [6, 6.07) is 17.0. The summed E-state index contributed by atoms with van der Waals surface area (Å²) in [7, 11) is 0. The Morgan fingerprint density at radius 2 is 1.79 bits per heavy atom. The van der Waals surface area contributed by atoms with Gasteiger partial charge in [0, 0.05) is 42.5 Å². The van der Waals surface area contributed by atoms with E-state index in [2.05, 4.69) is 16.3 Å². The van der Waals surface area contributed by atoms with Gasteiger partial charge in [-0.2, -0.15) is 11.8 Å². The van der Waals surface area contributed by atoms with Crippen LogP contribution in [-0.2, 0) is 16.1 Å². The lowest BCUT2D eigenvalue weighted by molar-refractivity contribution is -0.135. The van der Waals surface area contributed by atoms with Gasteiger partial charge < -0.3 is 15.3 Å². The van der Waals surface area contributed by atoms with Crippen LogP contribution < -0.4 is 10.2 Å². The van der Waals surface area contributed by atoms with Crippen molar-refractivity contribution in [2.24, 2.45) is 0 Å². The third-order valence-electron chi connectivity index (χ3n) is 4.50. The van der Waals surface area contributed by atoms with Gasteiger partial charge in [0.15, 0.2) is 0 Å². The number of carbonyl (C=O) groups is 2. The van der Waals surface area contributed by atoms with Gasteiger partial charge in [-0.15, -0.1) is 0 Å². The van der Waals surface area contributed by atoms with Crippen LogP contribution in [-0.4, -0.2) is 59.6 Å². The van der Waals surface area contributed by atoms with Gasteiger partial charge >= 0.3 is 5.97 Å². The number of anilines is 2. The van der Waals surface area contributed by atoms with Crippen LogP contribution in [0, 0.1) is 0 Å². The Hall–Kier alpha value is -2.51. The molecule has 0 aromatic heterocycles. The van der Waals surface area contributed by atoms with Crippen molar-refractivity contribution in [3.8, 4) is 0 Å². The standard InChI is InChI=1S/C21H25N3O3S/c25-20(15-24(16-21(26)27)19-7-2-1-3-8-19)22-18-6-4-5-17(13-18)14-23-9-11-28-12-10-23/h1-8,13H,9-12,14-16H2,(H,22,25)(H,26,27). The van der Waals surface area contributed by atoms with E-state index in [1.807, 2.05) is 48.2 Å². The number of hydrogen-bond donors (Lipinski definition) is 2. The second-order valence-electron chi connectivity index (χ2n) is 6.72. The number of aliphatic carboxylic acids is 1. The van der Waals surface area contributed by atoms with Crippen LogP contribution in [0.4, 0.5) is 11.4 Å². The minimum Gasteiger partial charge on any atom is -0.480 e. The van der Waals surface area contributed by atoms with Gasteiger partial charge in [-0.25, -0.2) is 0 Å². The number of carboxylic acids is 1. The Bertz CT molecular complexity index is 794. The van der Waals surface area contributed by atoms with Crippen LogP contribution in [0.1, 0.15) is 5.56 Å². The fourth-order valence-electron chi connectivity index (χ4n) is 3.18. The first-order valence-corrected chi connectivity index (χ1v) is 10.5. The minimum atomic E-state index is -0.974. The summed E-state index contributed by atoms with van der Waals surface area (Å²) >= 11 is 1.98. The molecule has 1 aliphatic heterocycles. The van der Waals surface area contributed by atoms with Gasteiger partial charge in [0.25, 0.3) is 0 Å². The van der Waals surface area contributed by atoms with Crippen molar-refractivity contribution in [1.29, 1.82) is 0 Å². The van der Waals surface area contributed by atoms with Crippen LogP contribution in [0.25, 0.3) is 0 Å². The van der Waals surface area contributed by atoms with E-state index in [1.165, 1.54) is 0 Å². The molecule has 148 valence electrons. The van der Waals surface area contributed by atoms with E-state index < -0.39 is 5.97 Å². The molecule has 0 saturated carbocycles. The predicted molar refractivity (Wildman–Crippen MR) is 114 cm³/mol. The van der Waals surface area contributed by atoms with Crippen molar-refractivity contribution >= 4 is 35.0 Å². The largest absolute Gasteiger partial charge is 0.480 e. The van der Waals surface area contributed by atoms with Gasteiger partial charge in [0.05, 0.1) is 6.54 Å². The highest BCUT2D eigenvalue weighted by Gasteiger charge is 2.15. The molecule has 0 atom stereocenters.